The van der Waals surface area contributed by atoms with Crippen molar-refractivity contribution in [1.29, 1.82) is 0 Å². The van der Waals surface area contributed by atoms with Crippen molar-refractivity contribution in [2.45, 2.75) is 0 Å². The van der Waals surface area contributed by atoms with Crippen molar-refractivity contribution in [3.63, 3.8) is 0 Å². The summed E-state index contributed by atoms with van der Waals surface area (Å²) in [6, 6.07) is 31.6. The molecule has 6 rings (SSSR count). The Bertz CT molecular complexity index is 1920. The van der Waals surface area contributed by atoms with Crippen LogP contribution in [0.25, 0.3) is 33.3 Å². The number of nitrogens with one attached hydrogen (secondary N) is 3. The summed E-state index contributed by atoms with van der Waals surface area (Å²) in [5.41, 5.74) is 4.86. The van der Waals surface area contributed by atoms with Gasteiger partial charge in [-0.05, 0) is 70.3 Å². The fraction of sp³-hybridized carbons (Fsp3) is 0. The first-order valence-electron chi connectivity index (χ1n) is 12.9. The number of rotatable bonds is 7. The molecule has 1 aromatic heterocycles. The van der Waals surface area contributed by atoms with E-state index >= 15 is 0 Å². The lowest BCUT2D eigenvalue weighted by molar-refractivity contribution is 0.0698. The first kappa shape index (κ1) is 26.1. The summed E-state index contributed by atoms with van der Waals surface area (Å²) < 4.78 is 0. The molecule has 42 heavy (non-hydrogen) atoms. The van der Waals surface area contributed by atoms with Crippen molar-refractivity contribution in [3.8, 4) is 22.5 Å². The maximum absolute atomic E-state index is 13.0. The number of anilines is 2. The molecule has 0 atom stereocenters. The molecule has 0 fully saturated rings. The van der Waals surface area contributed by atoms with Crippen LogP contribution in [0.2, 0.25) is 0 Å². The van der Waals surface area contributed by atoms with E-state index in [0.717, 1.165) is 16.7 Å². The average molecular weight is 555 g/mol. The zero-order valence-electron chi connectivity index (χ0n) is 21.9. The molecule has 4 N–H and O–H groups in total. The lowest BCUT2D eigenvalue weighted by Gasteiger charge is -2.11. The number of aromatic carboxylic acids is 1. The molecule has 0 aliphatic carbocycles. The van der Waals surface area contributed by atoms with Crippen LogP contribution in [-0.4, -0.2) is 43.5 Å². The fourth-order valence-corrected chi connectivity index (χ4v) is 4.61. The Kier molecular flexibility index (Phi) is 6.92. The van der Waals surface area contributed by atoms with Gasteiger partial charge >= 0.3 is 5.97 Å². The number of carboxylic acid groups (broad SMARTS) is 1. The number of benzene rings is 5. The van der Waals surface area contributed by atoms with E-state index in [1.165, 1.54) is 6.07 Å². The molecule has 0 aliphatic heterocycles. The van der Waals surface area contributed by atoms with Gasteiger partial charge in [-0.25, -0.2) is 4.79 Å². The van der Waals surface area contributed by atoms with Crippen LogP contribution >= 0.6 is 0 Å². The second-order valence-electron chi connectivity index (χ2n) is 9.39. The Hall–Kier alpha value is -6.16. The van der Waals surface area contributed by atoms with Crippen molar-refractivity contribution >= 4 is 39.9 Å². The van der Waals surface area contributed by atoms with Gasteiger partial charge < -0.3 is 15.7 Å². The molecule has 2 amide bonds. The van der Waals surface area contributed by atoms with E-state index in [-0.39, 0.29) is 17.4 Å². The summed E-state index contributed by atoms with van der Waals surface area (Å²) in [6.07, 6.45) is 0. The summed E-state index contributed by atoms with van der Waals surface area (Å²) in [4.78, 5) is 37.3. The van der Waals surface area contributed by atoms with Crippen LogP contribution in [0, 0.1) is 0 Å². The molecular weight excluding hydrogens is 532 g/mol. The molecule has 0 aliphatic rings. The van der Waals surface area contributed by atoms with Crippen LogP contribution in [0.1, 0.15) is 31.1 Å². The molecule has 5 aromatic carbocycles. The first-order valence-corrected chi connectivity index (χ1v) is 12.9. The molecule has 0 bridgehead atoms. The topological polar surface area (TPSA) is 150 Å². The lowest BCUT2D eigenvalue weighted by atomic mass is 10.0. The monoisotopic (exact) mass is 554 g/mol. The largest absolute Gasteiger partial charge is 0.478 e. The Morgan fingerprint density at radius 2 is 1.19 bits per heavy atom. The van der Waals surface area contributed by atoms with Gasteiger partial charge in [-0.15, -0.1) is 10.2 Å². The first-order chi connectivity index (χ1) is 20.5. The van der Waals surface area contributed by atoms with Crippen LogP contribution < -0.4 is 10.6 Å². The minimum absolute atomic E-state index is 0.175. The van der Waals surface area contributed by atoms with Gasteiger partial charge in [0.2, 0.25) is 5.82 Å². The van der Waals surface area contributed by atoms with Crippen LogP contribution in [0.4, 0.5) is 11.4 Å². The second-order valence-corrected chi connectivity index (χ2v) is 9.39. The van der Waals surface area contributed by atoms with Crippen molar-refractivity contribution in [3.05, 3.63) is 126 Å². The van der Waals surface area contributed by atoms with E-state index < -0.39 is 5.97 Å². The number of aromatic amines is 1. The van der Waals surface area contributed by atoms with Crippen molar-refractivity contribution in [2.75, 3.05) is 10.6 Å². The van der Waals surface area contributed by atoms with E-state index in [0.29, 0.717) is 39.1 Å². The van der Waals surface area contributed by atoms with Crippen molar-refractivity contribution in [2.24, 2.45) is 0 Å². The predicted molar refractivity (Wildman–Crippen MR) is 158 cm³/mol. The normalized spacial score (nSPS) is 10.8. The molecule has 10 heteroatoms. The Morgan fingerprint density at radius 1 is 0.619 bits per heavy atom. The van der Waals surface area contributed by atoms with Crippen LogP contribution in [0.3, 0.4) is 0 Å². The van der Waals surface area contributed by atoms with Crippen molar-refractivity contribution < 1.29 is 19.5 Å². The number of amides is 2. The maximum Gasteiger partial charge on any atom is 0.336 e. The fourth-order valence-electron chi connectivity index (χ4n) is 4.61. The van der Waals surface area contributed by atoms with E-state index in [1.807, 2.05) is 36.4 Å². The van der Waals surface area contributed by atoms with Gasteiger partial charge in [-0.1, -0.05) is 60.7 Å². The van der Waals surface area contributed by atoms with E-state index in [2.05, 4.69) is 31.3 Å². The van der Waals surface area contributed by atoms with E-state index in [4.69, 9.17) is 0 Å². The third-order valence-corrected chi connectivity index (χ3v) is 6.78. The molecule has 0 spiro atoms. The summed E-state index contributed by atoms with van der Waals surface area (Å²) in [7, 11) is 0. The highest BCUT2D eigenvalue weighted by Gasteiger charge is 2.14. The predicted octanol–water partition coefficient (Wildman–Crippen LogP) is 5.89. The van der Waals surface area contributed by atoms with Gasteiger partial charge in [-0.2, -0.15) is 5.21 Å². The highest BCUT2D eigenvalue weighted by Crippen LogP contribution is 2.28. The minimum atomic E-state index is -1.03. The molecule has 0 radical (unpaired) electrons. The van der Waals surface area contributed by atoms with Gasteiger partial charge in [0.1, 0.15) is 0 Å². The standard InChI is InChI=1S/C32H22N6O4/c39-30(22-11-7-21(8-12-22)29-35-37-38-36-29)33-24-15-13-20(14-16-24)19-5-9-23(10-6-19)31(40)34-28-18-17-27(32(41)42)25-3-1-2-4-26(25)28/h1-18H,(H,33,39)(H,34,40)(H,41,42)(H,35,36,37,38). The number of hydrogen-bond acceptors (Lipinski definition) is 6. The van der Waals surface area contributed by atoms with E-state index in [1.54, 1.807) is 66.7 Å². The number of carboxylic acids is 1. The Balaban J connectivity index is 1.11. The number of carbonyl (C=O) groups excluding carboxylic acids is 2. The molecule has 1 heterocycles. The molecule has 0 saturated heterocycles. The zero-order valence-corrected chi connectivity index (χ0v) is 21.9. The van der Waals surface area contributed by atoms with Gasteiger partial charge in [0.25, 0.3) is 11.8 Å². The third kappa shape index (κ3) is 5.32. The van der Waals surface area contributed by atoms with Gasteiger partial charge in [-0.3, -0.25) is 9.59 Å². The number of hydrogen-bond donors (Lipinski definition) is 4. The molecular formula is C32H22N6O4. The van der Waals surface area contributed by atoms with Gasteiger partial charge in [0.15, 0.2) is 0 Å². The van der Waals surface area contributed by atoms with Crippen molar-refractivity contribution in [1.82, 2.24) is 20.6 Å². The van der Waals surface area contributed by atoms with Crippen LogP contribution in [0.15, 0.2) is 109 Å². The number of H-pyrrole nitrogens is 1. The summed E-state index contributed by atoms with van der Waals surface area (Å²) >= 11 is 0. The lowest BCUT2D eigenvalue weighted by Crippen LogP contribution is -2.12. The molecule has 10 nitrogen and oxygen atoms in total. The molecule has 0 unspecified atom stereocenters. The third-order valence-electron chi connectivity index (χ3n) is 6.78. The van der Waals surface area contributed by atoms with Gasteiger partial charge in [0.05, 0.1) is 5.56 Å². The SMILES string of the molecule is O=C(Nc1ccc(-c2ccc(C(=O)Nc3ccc(C(=O)O)c4ccccc34)cc2)cc1)c1ccc(-c2nn[nH]n2)cc1. The van der Waals surface area contributed by atoms with Crippen LogP contribution in [0.5, 0.6) is 0 Å². The average Bonchev–Trinajstić information content (AvgIpc) is 3.57. The van der Waals surface area contributed by atoms with Gasteiger partial charge in [0, 0.05) is 33.5 Å². The highest BCUT2D eigenvalue weighted by atomic mass is 16.4. The maximum atomic E-state index is 13.0. The Morgan fingerprint density at radius 3 is 1.79 bits per heavy atom. The number of fused-ring (bicyclic) bond motifs is 1. The number of aromatic nitrogens is 4. The minimum Gasteiger partial charge on any atom is -0.478 e. The molecule has 6 aromatic rings. The number of carbonyl (C=O) groups is 3. The second kappa shape index (κ2) is 11.1. The molecule has 204 valence electrons. The van der Waals surface area contributed by atoms with E-state index in [9.17, 15) is 19.5 Å². The number of tetrazole rings is 1. The Labute approximate surface area is 239 Å². The molecule has 0 saturated carbocycles. The quantitative estimate of drug-likeness (QED) is 0.192. The smallest absolute Gasteiger partial charge is 0.336 e. The summed E-state index contributed by atoms with van der Waals surface area (Å²) in [5.74, 6) is -1.13. The highest BCUT2D eigenvalue weighted by molar-refractivity contribution is 6.13. The zero-order chi connectivity index (χ0) is 29.1. The summed E-state index contributed by atoms with van der Waals surface area (Å²) in [6.45, 7) is 0. The summed E-state index contributed by atoms with van der Waals surface area (Å²) in [5, 5.41) is 30.2. The van der Waals surface area contributed by atoms with Crippen LogP contribution in [-0.2, 0) is 0 Å². The number of nitrogens with zero attached hydrogens (tertiary/aromatic N) is 3.